The number of hydrogen-bond acceptors (Lipinski definition) is 3. The van der Waals surface area contributed by atoms with Crippen molar-refractivity contribution in [3.63, 3.8) is 0 Å². The Morgan fingerprint density at radius 3 is 2.71 bits per heavy atom. The summed E-state index contributed by atoms with van der Waals surface area (Å²) < 4.78 is 0. The summed E-state index contributed by atoms with van der Waals surface area (Å²) in [6.07, 6.45) is 6.72. The second kappa shape index (κ2) is 7.87. The molecular formula is C14H20O3. The van der Waals surface area contributed by atoms with Crippen molar-refractivity contribution in [2.45, 2.75) is 32.3 Å². The number of allylic oxidation sites excluding steroid dienone is 2. The Bertz CT molecular complexity index is 347. The van der Waals surface area contributed by atoms with Gasteiger partial charge in [0, 0.05) is 5.56 Å². The Hall–Kier alpha value is -1.32. The van der Waals surface area contributed by atoms with Crippen molar-refractivity contribution >= 4 is 0 Å². The van der Waals surface area contributed by atoms with Crippen molar-refractivity contribution in [3.8, 4) is 5.75 Å². The zero-order valence-corrected chi connectivity index (χ0v) is 10.4. The fourth-order valence-corrected chi connectivity index (χ4v) is 1.66. The minimum Gasteiger partial charge on any atom is -0.508 e. The second-order valence-electron chi connectivity index (χ2n) is 3.77. The fourth-order valence-electron chi connectivity index (χ4n) is 1.66. The van der Waals surface area contributed by atoms with E-state index in [0.717, 1.165) is 24.8 Å². The van der Waals surface area contributed by atoms with Gasteiger partial charge >= 0.3 is 0 Å². The first-order valence-electron chi connectivity index (χ1n) is 5.92. The van der Waals surface area contributed by atoms with E-state index in [1.165, 1.54) is 7.11 Å². The van der Waals surface area contributed by atoms with Gasteiger partial charge in [-0.05, 0) is 25.3 Å². The van der Waals surface area contributed by atoms with Crippen LogP contribution in [-0.2, 0) is 9.78 Å². The summed E-state index contributed by atoms with van der Waals surface area (Å²) in [7, 11) is 1.48. The Labute approximate surface area is 103 Å². The van der Waals surface area contributed by atoms with Crippen LogP contribution < -0.4 is 0 Å². The van der Waals surface area contributed by atoms with Crippen molar-refractivity contribution < 1.29 is 14.9 Å². The predicted molar refractivity (Wildman–Crippen MR) is 67.6 cm³/mol. The lowest BCUT2D eigenvalue weighted by Crippen LogP contribution is -2.03. The molecular weight excluding hydrogens is 216 g/mol. The average molecular weight is 236 g/mol. The Balaban J connectivity index is 2.65. The molecule has 0 aliphatic carbocycles. The van der Waals surface area contributed by atoms with Gasteiger partial charge in [0.05, 0.1) is 7.11 Å². The van der Waals surface area contributed by atoms with Crippen molar-refractivity contribution in [2.75, 3.05) is 7.11 Å². The Morgan fingerprint density at radius 2 is 2.06 bits per heavy atom. The van der Waals surface area contributed by atoms with E-state index in [-0.39, 0.29) is 11.9 Å². The molecule has 1 rings (SSSR count). The van der Waals surface area contributed by atoms with Crippen LogP contribution in [0.25, 0.3) is 0 Å². The predicted octanol–water partition coefficient (Wildman–Crippen LogP) is 3.76. The summed E-state index contributed by atoms with van der Waals surface area (Å²) in [6, 6.07) is 7.18. The van der Waals surface area contributed by atoms with Crippen molar-refractivity contribution in [3.05, 3.63) is 42.0 Å². The van der Waals surface area contributed by atoms with Gasteiger partial charge < -0.3 is 5.11 Å². The highest BCUT2D eigenvalue weighted by molar-refractivity contribution is 5.33. The SMILES string of the molecule is CCC=CCCC(OOC)c1ccccc1O. The molecule has 0 radical (unpaired) electrons. The normalized spacial score (nSPS) is 13.1. The maximum Gasteiger partial charge on any atom is 0.122 e. The molecule has 0 amide bonds. The van der Waals surface area contributed by atoms with E-state index in [1.807, 2.05) is 12.1 Å². The molecule has 1 unspecified atom stereocenters. The van der Waals surface area contributed by atoms with Crippen LogP contribution in [0.3, 0.4) is 0 Å². The number of aromatic hydroxyl groups is 1. The van der Waals surface area contributed by atoms with Crippen LogP contribution in [0.4, 0.5) is 0 Å². The van der Waals surface area contributed by atoms with Crippen LogP contribution in [0.2, 0.25) is 0 Å². The van der Waals surface area contributed by atoms with Crippen molar-refractivity contribution in [1.29, 1.82) is 0 Å². The zero-order valence-electron chi connectivity index (χ0n) is 10.4. The van der Waals surface area contributed by atoms with Crippen LogP contribution >= 0.6 is 0 Å². The van der Waals surface area contributed by atoms with Crippen molar-refractivity contribution in [2.24, 2.45) is 0 Å². The molecule has 0 heterocycles. The third-order valence-electron chi connectivity index (χ3n) is 2.49. The maximum atomic E-state index is 9.76. The lowest BCUT2D eigenvalue weighted by Gasteiger charge is -2.16. The van der Waals surface area contributed by atoms with E-state index in [4.69, 9.17) is 9.78 Å². The first-order valence-corrected chi connectivity index (χ1v) is 5.92. The van der Waals surface area contributed by atoms with Gasteiger partial charge in [-0.1, -0.05) is 37.3 Å². The molecule has 1 aromatic rings. The lowest BCUT2D eigenvalue weighted by molar-refractivity contribution is -0.309. The number of phenolic OH excluding ortho intramolecular Hbond substituents is 1. The first kappa shape index (κ1) is 13.7. The molecule has 0 aliphatic heterocycles. The quantitative estimate of drug-likeness (QED) is 0.445. The van der Waals surface area contributed by atoms with Gasteiger partial charge in [0.1, 0.15) is 11.9 Å². The minimum atomic E-state index is -0.234. The number of benzene rings is 1. The molecule has 3 nitrogen and oxygen atoms in total. The van der Waals surface area contributed by atoms with Crippen LogP contribution in [0.5, 0.6) is 5.75 Å². The highest BCUT2D eigenvalue weighted by atomic mass is 17.2. The van der Waals surface area contributed by atoms with Gasteiger partial charge in [-0.15, -0.1) is 0 Å². The van der Waals surface area contributed by atoms with E-state index in [1.54, 1.807) is 12.1 Å². The first-order chi connectivity index (χ1) is 8.29. The van der Waals surface area contributed by atoms with Gasteiger partial charge in [-0.2, -0.15) is 0 Å². The van der Waals surface area contributed by atoms with Gasteiger partial charge in [0.25, 0.3) is 0 Å². The highest BCUT2D eigenvalue weighted by Crippen LogP contribution is 2.30. The number of phenols is 1. The van der Waals surface area contributed by atoms with Crippen LogP contribution in [-0.4, -0.2) is 12.2 Å². The van der Waals surface area contributed by atoms with Gasteiger partial charge in [-0.3, -0.25) is 0 Å². The molecule has 0 aromatic heterocycles. The molecule has 3 heteroatoms. The number of hydrogen-bond donors (Lipinski definition) is 1. The molecule has 0 bridgehead atoms. The topological polar surface area (TPSA) is 38.7 Å². The largest absolute Gasteiger partial charge is 0.508 e. The Morgan fingerprint density at radius 1 is 1.29 bits per heavy atom. The van der Waals surface area contributed by atoms with Crippen LogP contribution in [0.15, 0.2) is 36.4 Å². The number of para-hydroxylation sites is 1. The summed E-state index contributed by atoms with van der Waals surface area (Å²) in [5.41, 5.74) is 0.763. The third-order valence-corrected chi connectivity index (χ3v) is 2.49. The average Bonchev–Trinajstić information content (AvgIpc) is 2.34. The third kappa shape index (κ3) is 4.59. The van der Waals surface area contributed by atoms with E-state index in [2.05, 4.69) is 19.1 Å². The van der Waals surface area contributed by atoms with Crippen molar-refractivity contribution in [1.82, 2.24) is 0 Å². The molecule has 17 heavy (non-hydrogen) atoms. The molecule has 0 saturated carbocycles. The zero-order chi connectivity index (χ0) is 12.5. The highest BCUT2D eigenvalue weighted by Gasteiger charge is 2.15. The summed E-state index contributed by atoms with van der Waals surface area (Å²) in [4.78, 5) is 9.93. The molecule has 0 aliphatic rings. The lowest BCUT2D eigenvalue weighted by atomic mass is 10.0. The Kier molecular flexibility index (Phi) is 6.37. The minimum absolute atomic E-state index is 0.234. The van der Waals surface area contributed by atoms with E-state index in [0.29, 0.717) is 0 Å². The molecule has 0 saturated heterocycles. The summed E-state index contributed by atoms with van der Waals surface area (Å²) in [6.45, 7) is 2.10. The van der Waals surface area contributed by atoms with Crippen LogP contribution in [0.1, 0.15) is 37.9 Å². The fraction of sp³-hybridized carbons (Fsp3) is 0.429. The van der Waals surface area contributed by atoms with E-state index in [9.17, 15) is 5.11 Å². The second-order valence-corrected chi connectivity index (χ2v) is 3.77. The smallest absolute Gasteiger partial charge is 0.122 e. The van der Waals surface area contributed by atoms with E-state index < -0.39 is 0 Å². The molecule has 0 fully saturated rings. The maximum absolute atomic E-state index is 9.76. The molecule has 94 valence electrons. The number of rotatable bonds is 7. The molecule has 0 spiro atoms. The molecule has 1 atom stereocenters. The van der Waals surface area contributed by atoms with Gasteiger partial charge in [0.2, 0.25) is 0 Å². The standard InChI is InChI=1S/C14H20O3/c1-3-4-5-6-11-14(17-16-2)12-9-7-8-10-13(12)15/h4-5,7-10,14-15H,3,6,11H2,1-2H3. The van der Waals surface area contributed by atoms with Gasteiger partial charge in [-0.25, -0.2) is 9.78 Å². The summed E-state index contributed by atoms with van der Waals surface area (Å²) in [5.74, 6) is 0.244. The summed E-state index contributed by atoms with van der Waals surface area (Å²) in [5, 5.41) is 9.76. The molecule has 1 N–H and O–H groups in total. The van der Waals surface area contributed by atoms with Gasteiger partial charge in [0.15, 0.2) is 0 Å². The van der Waals surface area contributed by atoms with Crippen LogP contribution in [0, 0.1) is 0 Å². The summed E-state index contributed by atoms with van der Waals surface area (Å²) >= 11 is 0. The monoisotopic (exact) mass is 236 g/mol. The van der Waals surface area contributed by atoms with E-state index >= 15 is 0 Å². The molecule has 1 aromatic carbocycles.